The van der Waals surface area contributed by atoms with Crippen molar-refractivity contribution in [2.75, 3.05) is 37.6 Å². The summed E-state index contributed by atoms with van der Waals surface area (Å²) in [5.74, 6) is 0.969. The number of hydrogen-bond acceptors (Lipinski definition) is 3. The quantitative estimate of drug-likeness (QED) is 0.396. The molecule has 0 unspecified atom stereocenters. The number of nitrogens with zero attached hydrogens (tertiary/aromatic N) is 5. The number of benzene rings is 1. The molecule has 1 aliphatic heterocycles. The maximum Gasteiger partial charge on any atom is 0.194 e. The first-order valence-electron chi connectivity index (χ1n) is 9.09. The normalized spacial score (nSPS) is 14.9. The van der Waals surface area contributed by atoms with Gasteiger partial charge >= 0.3 is 0 Å². The van der Waals surface area contributed by atoms with Crippen LogP contribution in [0.2, 0.25) is 5.02 Å². The Hall–Kier alpha value is -1.48. The smallest absolute Gasteiger partial charge is 0.194 e. The SMILES string of the molecule is CCNC(=NCc1ccnn1C)N1CCN(c2cc(Cl)ccc2C)CC1.I. The van der Waals surface area contributed by atoms with Crippen LogP contribution in [0.15, 0.2) is 35.5 Å². The maximum atomic E-state index is 6.19. The summed E-state index contributed by atoms with van der Waals surface area (Å²) >= 11 is 6.19. The third kappa shape index (κ3) is 5.51. The molecule has 2 heterocycles. The molecule has 8 heteroatoms. The van der Waals surface area contributed by atoms with Crippen LogP contribution in [0.25, 0.3) is 0 Å². The Morgan fingerprint density at radius 3 is 2.59 bits per heavy atom. The van der Waals surface area contributed by atoms with Crippen molar-refractivity contribution >= 4 is 47.2 Å². The zero-order valence-electron chi connectivity index (χ0n) is 16.2. The van der Waals surface area contributed by atoms with Crippen molar-refractivity contribution in [2.24, 2.45) is 12.0 Å². The molecule has 0 spiro atoms. The molecule has 0 saturated carbocycles. The monoisotopic (exact) mass is 502 g/mol. The van der Waals surface area contributed by atoms with Gasteiger partial charge in [-0.05, 0) is 37.6 Å². The van der Waals surface area contributed by atoms with E-state index in [0.29, 0.717) is 6.54 Å². The van der Waals surface area contributed by atoms with Gasteiger partial charge in [0.1, 0.15) is 0 Å². The first-order chi connectivity index (χ1) is 12.6. The standard InChI is InChI=1S/C19H27ClN6.HI/c1-4-21-19(22-14-17-7-8-23-24(17)3)26-11-9-25(10-12-26)18-13-16(20)6-5-15(18)2;/h5-8,13H,4,9-12,14H2,1-3H3,(H,21,22);1H. The summed E-state index contributed by atoms with van der Waals surface area (Å²) in [4.78, 5) is 9.54. The van der Waals surface area contributed by atoms with Gasteiger partial charge < -0.3 is 15.1 Å². The molecular weight excluding hydrogens is 475 g/mol. The second-order valence-electron chi connectivity index (χ2n) is 6.52. The van der Waals surface area contributed by atoms with E-state index in [0.717, 1.165) is 49.4 Å². The van der Waals surface area contributed by atoms with Crippen molar-refractivity contribution in [3.8, 4) is 0 Å². The topological polar surface area (TPSA) is 48.7 Å². The Bertz CT molecular complexity index is 767. The highest BCUT2D eigenvalue weighted by atomic mass is 127. The Kier molecular flexibility index (Phi) is 8.22. The molecule has 0 amide bonds. The number of anilines is 1. The Balaban J connectivity index is 0.00000261. The van der Waals surface area contributed by atoms with Gasteiger partial charge in [0.15, 0.2) is 5.96 Å². The molecule has 0 radical (unpaired) electrons. The lowest BCUT2D eigenvalue weighted by Crippen LogP contribution is -2.52. The number of guanidine groups is 1. The van der Waals surface area contributed by atoms with Gasteiger partial charge in [-0.15, -0.1) is 24.0 Å². The summed E-state index contributed by atoms with van der Waals surface area (Å²) in [6.07, 6.45) is 1.81. The average Bonchev–Trinajstić information content (AvgIpc) is 3.06. The minimum Gasteiger partial charge on any atom is -0.368 e. The number of nitrogens with one attached hydrogen (secondary N) is 1. The van der Waals surface area contributed by atoms with Crippen LogP contribution in [-0.2, 0) is 13.6 Å². The number of aromatic nitrogens is 2. The second kappa shape index (κ2) is 10.2. The van der Waals surface area contributed by atoms with E-state index in [4.69, 9.17) is 16.6 Å². The van der Waals surface area contributed by atoms with E-state index in [-0.39, 0.29) is 24.0 Å². The molecule has 3 rings (SSSR count). The highest BCUT2D eigenvalue weighted by Crippen LogP contribution is 2.25. The number of hydrogen-bond donors (Lipinski definition) is 1. The fourth-order valence-corrected chi connectivity index (χ4v) is 3.39. The molecule has 0 atom stereocenters. The van der Waals surface area contributed by atoms with Crippen molar-refractivity contribution in [1.29, 1.82) is 0 Å². The van der Waals surface area contributed by atoms with E-state index in [2.05, 4.69) is 46.2 Å². The van der Waals surface area contributed by atoms with Crippen LogP contribution in [0.1, 0.15) is 18.2 Å². The number of rotatable bonds is 4. The highest BCUT2D eigenvalue weighted by Gasteiger charge is 2.21. The van der Waals surface area contributed by atoms with Crippen molar-refractivity contribution in [3.63, 3.8) is 0 Å². The summed E-state index contributed by atoms with van der Waals surface area (Å²) in [7, 11) is 1.95. The Labute approximate surface area is 183 Å². The predicted molar refractivity (Wildman–Crippen MR) is 123 cm³/mol. The lowest BCUT2D eigenvalue weighted by Gasteiger charge is -2.38. The van der Waals surface area contributed by atoms with Gasteiger partial charge in [-0.2, -0.15) is 5.10 Å². The fraction of sp³-hybridized carbons (Fsp3) is 0.474. The molecular formula is C19H28ClIN6. The van der Waals surface area contributed by atoms with Gasteiger partial charge in [0, 0.05) is 56.7 Å². The van der Waals surface area contributed by atoms with Crippen molar-refractivity contribution < 1.29 is 0 Å². The van der Waals surface area contributed by atoms with Gasteiger partial charge in [0.25, 0.3) is 0 Å². The third-order valence-corrected chi connectivity index (χ3v) is 4.97. The Morgan fingerprint density at radius 2 is 1.96 bits per heavy atom. The molecule has 1 aliphatic rings. The minimum atomic E-state index is 0. The van der Waals surface area contributed by atoms with E-state index in [1.54, 1.807) is 0 Å². The number of aliphatic imine (C=N–C) groups is 1. The fourth-order valence-electron chi connectivity index (χ4n) is 3.22. The van der Waals surface area contributed by atoms with Gasteiger partial charge in [-0.1, -0.05) is 17.7 Å². The molecule has 0 bridgehead atoms. The summed E-state index contributed by atoms with van der Waals surface area (Å²) in [6.45, 7) is 9.51. The zero-order valence-corrected chi connectivity index (χ0v) is 19.2. The molecule has 2 aromatic rings. The van der Waals surface area contributed by atoms with Crippen molar-refractivity contribution in [3.05, 3.63) is 46.7 Å². The largest absolute Gasteiger partial charge is 0.368 e. The summed E-state index contributed by atoms with van der Waals surface area (Å²) in [6, 6.07) is 8.11. The number of aryl methyl sites for hydroxylation is 2. The maximum absolute atomic E-state index is 6.19. The van der Waals surface area contributed by atoms with Crippen molar-refractivity contribution in [2.45, 2.75) is 20.4 Å². The van der Waals surface area contributed by atoms with E-state index < -0.39 is 0 Å². The van der Waals surface area contributed by atoms with Crippen LogP contribution in [-0.4, -0.2) is 53.4 Å². The van der Waals surface area contributed by atoms with Gasteiger partial charge in [0.05, 0.1) is 12.2 Å². The molecule has 1 fully saturated rings. The Morgan fingerprint density at radius 1 is 1.22 bits per heavy atom. The van der Waals surface area contributed by atoms with Crippen LogP contribution in [0, 0.1) is 6.92 Å². The van der Waals surface area contributed by atoms with Gasteiger partial charge in [0.2, 0.25) is 0 Å². The molecule has 0 aliphatic carbocycles. The van der Waals surface area contributed by atoms with Gasteiger partial charge in [-0.3, -0.25) is 4.68 Å². The van der Waals surface area contributed by atoms with Crippen LogP contribution < -0.4 is 10.2 Å². The average molecular weight is 503 g/mol. The van der Waals surface area contributed by atoms with E-state index in [9.17, 15) is 0 Å². The predicted octanol–water partition coefficient (Wildman–Crippen LogP) is 3.29. The number of piperazine rings is 1. The third-order valence-electron chi connectivity index (χ3n) is 4.74. The van der Waals surface area contributed by atoms with Gasteiger partial charge in [-0.25, -0.2) is 4.99 Å². The first-order valence-corrected chi connectivity index (χ1v) is 9.47. The zero-order chi connectivity index (χ0) is 18.5. The highest BCUT2D eigenvalue weighted by molar-refractivity contribution is 14.0. The van der Waals surface area contributed by atoms with Crippen LogP contribution in [0.4, 0.5) is 5.69 Å². The number of halogens is 2. The molecule has 27 heavy (non-hydrogen) atoms. The van der Waals surface area contributed by atoms with E-state index in [1.807, 2.05) is 30.1 Å². The molecule has 1 N–H and O–H groups in total. The van der Waals surface area contributed by atoms with E-state index in [1.165, 1.54) is 11.3 Å². The summed E-state index contributed by atoms with van der Waals surface area (Å²) in [5, 5.41) is 8.41. The lowest BCUT2D eigenvalue weighted by atomic mass is 10.1. The molecule has 1 aromatic heterocycles. The minimum absolute atomic E-state index is 0. The lowest BCUT2D eigenvalue weighted by molar-refractivity contribution is 0.372. The summed E-state index contributed by atoms with van der Waals surface area (Å²) < 4.78 is 1.87. The molecule has 148 valence electrons. The summed E-state index contributed by atoms with van der Waals surface area (Å²) in [5.41, 5.74) is 3.60. The van der Waals surface area contributed by atoms with Crippen LogP contribution in [0.3, 0.4) is 0 Å². The van der Waals surface area contributed by atoms with E-state index >= 15 is 0 Å². The first kappa shape index (κ1) is 21.8. The molecule has 1 aromatic carbocycles. The molecule has 1 saturated heterocycles. The van der Waals surface area contributed by atoms with Crippen LogP contribution >= 0.6 is 35.6 Å². The van der Waals surface area contributed by atoms with Crippen LogP contribution in [0.5, 0.6) is 0 Å². The second-order valence-corrected chi connectivity index (χ2v) is 6.96. The molecule has 6 nitrogen and oxygen atoms in total. The van der Waals surface area contributed by atoms with Crippen molar-refractivity contribution in [1.82, 2.24) is 20.0 Å².